The van der Waals surface area contributed by atoms with Crippen molar-refractivity contribution in [3.05, 3.63) is 46.3 Å². The predicted molar refractivity (Wildman–Crippen MR) is 77.0 cm³/mol. The maximum Gasteiger partial charge on any atom is 0.174 e. The molecule has 4 nitrogen and oxygen atoms in total. The number of ether oxygens (including phenoxy) is 1. The molecule has 0 saturated carbocycles. The average molecular weight is 325 g/mol. The van der Waals surface area contributed by atoms with Gasteiger partial charge in [0, 0.05) is 23.1 Å². The van der Waals surface area contributed by atoms with Crippen LogP contribution in [0.25, 0.3) is 0 Å². The number of nitrogens with zero attached hydrogens (tertiary/aromatic N) is 1. The third-order valence-electron chi connectivity index (χ3n) is 2.49. The third-order valence-corrected chi connectivity index (χ3v) is 3.02. The number of hydrogen-bond donors (Lipinski definition) is 1. The van der Waals surface area contributed by atoms with E-state index in [9.17, 15) is 0 Å². The first-order valence-electron chi connectivity index (χ1n) is 6.19. The zero-order chi connectivity index (χ0) is 13.7. The van der Waals surface area contributed by atoms with Gasteiger partial charge in [-0.1, -0.05) is 34.9 Å². The Hall–Kier alpha value is -1.33. The topological polar surface area (TPSA) is 47.3 Å². The van der Waals surface area contributed by atoms with Crippen LogP contribution in [0.5, 0.6) is 5.75 Å². The molecule has 5 heteroatoms. The monoisotopic (exact) mass is 324 g/mol. The average Bonchev–Trinajstić information content (AvgIpc) is 2.84. The molecule has 0 fully saturated rings. The Morgan fingerprint density at radius 2 is 2.05 bits per heavy atom. The van der Waals surface area contributed by atoms with Crippen molar-refractivity contribution >= 4 is 15.9 Å². The number of nitrogens with one attached hydrogen (secondary N) is 1. The molecule has 0 spiro atoms. The highest BCUT2D eigenvalue weighted by atomic mass is 79.9. The van der Waals surface area contributed by atoms with Gasteiger partial charge >= 0.3 is 0 Å². The van der Waals surface area contributed by atoms with Crippen LogP contribution in [0.3, 0.4) is 0 Å². The van der Waals surface area contributed by atoms with Crippen molar-refractivity contribution in [1.29, 1.82) is 0 Å². The van der Waals surface area contributed by atoms with E-state index in [1.807, 2.05) is 30.3 Å². The van der Waals surface area contributed by atoms with Gasteiger partial charge in [-0.2, -0.15) is 0 Å². The Morgan fingerprint density at radius 1 is 1.32 bits per heavy atom. The van der Waals surface area contributed by atoms with E-state index in [-0.39, 0.29) is 0 Å². The summed E-state index contributed by atoms with van der Waals surface area (Å²) in [5.74, 6) is 1.53. The summed E-state index contributed by atoms with van der Waals surface area (Å²) in [4.78, 5) is 0. The molecule has 1 aromatic heterocycles. The van der Waals surface area contributed by atoms with Crippen LogP contribution in [0.1, 0.15) is 25.3 Å². The van der Waals surface area contributed by atoms with Gasteiger partial charge in [-0.15, -0.1) is 0 Å². The molecule has 1 heterocycles. The summed E-state index contributed by atoms with van der Waals surface area (Å²) < 4.78 is 11.9. The van der Waals surface area contributed by atoms with Gasteiger partial charge in [0.15, 0.2) is 5.76 Å². The minimum Gasteiger partial charge on any atom is -0.486 e. The van der Waals surface area contributed by atoms with Crippen LogP contribution in [-0.4, -0.2) is 11.2 Å². The molecule has 0 aliphatic carbocycles. The smallest absolute Gasteiger partial charge is 0.174 e. The second-order valence-corrected chi connectivity index (χ2v) is 5.48. The fourth-order valence-corrected chi connectivity index (χ4v) is 1.77. The Bertz CT molecular complexity index is 508. The zero-order valence-electron chi connectivity index (χ0n) is 11.0. The molecule has 19 heavy (non-hydrogen) atoms. The van der Waals surface area contributed by atoms with Gasteiger partial charge in [0.2, 0.25) is 0 Å². The summed E-state index contributed by atoms with van der Waals surface area (Å²) in [6.07, 6.45) is 0. The minimum absolute atomic E-state index is 0.385. The largest absolute Gasteiger partial charge is 0.486 e. The SMILES string of the molecule is CC(C)NCc1cc(COc2ccc(Br)cc2)on1. The lowest BCUT2D eigenvalue weighted by atomic mass is 10.3. The summed E-state index contributed by atoms with van der Waals surface area (Å²) in [6.45, 7) is 5.28. The number of hydrogen-bond acceptors (Lipinski definition) is 4. The summed E-state index contributed by atoms with van der Waals surface area (Å²) in [6, 6.07) is 10.0. The second-order valence-electron chi connectivity index (χ2n) is 4.56. The Kier molecular flexibility index (Phi) is 4.99. The number of rotatable bonds is 6. The van der Waals surface area contributed by atoms with Gasteiger partial charge < -0.3 is 14.6 Å². The molecule has 0 atom stereocenters. The first kappa shape index (κ1) is 14.1. The molecule has 2 rings (SSSR count). The second kappa shape index (κ2) is 6.73. The molecule has 0 unspecified atom stereocenters. The Labute approximate surface area is 121 Å². The van der Waals surface area contributed by atoms with E-state index in [1.165, 1.54) is 0 Å². The van der Waals surface area contributed by atoms with E-state index in [0.29, 0.717) is 19.2 Å². The highest BCUT2D eigenvalue weighted by Gasteiger charge is 2.05. The van der Waals surface area contributed by atoms with Crippen LogP contribution in [0.4, 0.5) is 0 Å². The third kappa shape index (κ3) is 4.69. The van der Waals surface area contributed by atoms with Gasteiger partial charge in [-0.05, 0) is 24.3 Å². The Balaban J connectivity index is 1.84. The number of aromatic nitrogens is 1. The first-order chi connectivity index (χ1) is 9.13. The fraction of sp³-hybridized carbons (Fsp3) is 0.357. The first-order valence-corrected chi connectivity index (χ1v) is 6.99. The molecule has 1 N–H and O–H groups in total. The van der Waals surface area contributed by atoms with Gasteiger partial charge in [0.05, 0.1) is 5.69 Å². The molecule has 0 saturated heterocycles. The van der Waals surface area contributed by atoms with Crippen molar-refractivity contribution in [3.63, 3.8) is 0 Å². The fourth-order valence-electron chi connectivity index (χ4n) is 1.50. The summed E-state index contributed by atoms with van der Waals surface area (Å²) >= 11 is 3.38. The van der Waals surface area contributed by atoms with E-state index in [0.717, 1.165) is 21.7 Å². The molecule has 0 radical (unpaired) electrons. The van der Waals surface area contributed by atoms with Gasteiger partial charge in [0.25, 0.3) is 0 Å². The predicted octanol–water partition coefficient (Wildman–Crippen LogP) is 3.51. The molecular formula is C14H17BrN2O2. The lowest BCUT2D eigenvalue weighted by Gasteiger charge is -2.04. The van der Waals surface area contributed by atoms with Crippen LogP contribution in [0, 0.1) is 0 Å². The van der Waals surface area contributed by atoms with Crippen molar-refractivity contribution in [2.24, 2.45) is 0 Å². The van der Waals surface area contributed by atoms with Gasteiger partial charge in [0.1, 0.15) is 12.4 Å². The van der Waals surface area contributed by atoms with E-state index >= 15 is 0 Å². The highest BCUT2D eigenvalue weighted by molar-refractivity contribution is 9.10. The van der Waals surface area contributed by atoms with Crippen molar-refractivity contribution in [2.75, 3.05) is 0 Å². The molecule has 102 valence electrons. The van der Waals surface area contributed by atoms with E-state index in [2.05, 4.69) is 40.3 Å². The number of benzene rings is 1. The molecule has 0 amide bonds. The van der Waals surface area contributed by atoms with Crippen molar-refractivity contribution in [1.82, 2.24) is 10.5 Å². The van der Waals surface area contributed by atoms with E-state index < -0.39 is 0 Å². The Morgan fingerprint density at radius 3 is 2.74 bits per heavy atom. The van der Waals surface area contributed by atoms with Crippen LogP contribution in [-0.2, 0) is 13.2 Å². The van der Waals surface area contributed by atoms with Crippen LogP contribution < -0.4 is 10.1 Å². The summed E-state index contributed by atoms with van der Waals surface area (Å²) in [5.41, 5.74) is 0.892. The normalized spacial score (nSPS) is 10.9. The van der Waals surface area contributed by atoms with Gasteiger partial charge in [-0.3, -0.25) is 0 Å². The van der Waals surface area contributed by atoms with Crippen molar-refractivity contribution in [2.45, 2.75) is 33.0 Å². The van der Waals surface area contributed by atoms with Crippen LogP contribution in [0.2, 0.25) is 0 Å². The number of halogens is 1. The lowest BCUT2D eigenvalue weighted by molar-refractivity contribution is 0.248. The maximum atomic E-state index is 5.61. The summed E-state index contributed by atoms with van der Waals surface area (Å²) in [7, 11) is 0. The van der Waals surface area contributed by atoms with Crippen LogP contribution >= 0.6 is 15.9 Å². The van der Waals surface area contributed by atoms with Crippen molar-refractivity contribution < 1.29 is 9.26 Å². The van der Waals surface area contributed by atoms with E-state index in [1.54, 1.807) is 0 Å². The highest BCUT2D eigenvalue weighted by Crippen LogP contribution is 2.17. The molecular weight excluding hydrogens is 308 g/mol. The van der Waals surface area contributed by atoms with E-state index in [4.69, 9.17) is 9.26 Å². The quantitative estimate of drug-likeness (QED) is 0.883. The van der Waals surface area contributed by atoms with Gasteiger partial charge in [-0.25, -0.2) is 0 Å². The lowest BCUT2D eigenvalue weighted by Crippen LogP contribution is -2.21. The zero-order valence-corrected chi connectivity index (χ0v) is 12.6. The van der Waals surface area contributed by atoms with Crippen molar-refractivity contribution in [3.8, 4) is 5.75 Å². The standard InChI is InChI=1S/C14H17BrN2O2/c1-10(2)16-8-12-7-14(19-17-12)9-18-13-5-3-11(15)4-6-13/h3-7,10,16H,8-9H2,1-2H3. The summed E-state index contributed by atoms with van der Waals surface area (Å²) in [5, 5.41) is 7.28. The molecule has 1 aromatic carbocycles. The van der Waals surface area contributed by atoms with Crippen LogP contribution in [0.15, 0.2) is 39.3 Å². The molecule has 0 bridgehead atoms. The minimum atomic E-state index is 0.385. The maximum absolute atomic E-state index is 5.61. The molecule has 0 aliphatic heterocycles. The molecule has 2 aromatic rings. The molecule has 0 aliphatic rings.